The number of nitro benzene ring substituents is 1. The summed E-state index contributed by atoms with van der Waals surface area (Å²) in [6.07, 6.45) is 1.46. The summed E-state index contributed by atoms with van der Waals surface area (Å²) in [7, 11) is 0. The third-order valence-electron chi connectivity index (χ3n) is 2.32. The van der Waals surface area contributed by atoms with Gasteiger partial charge in [-0.3, -0.25) is 14.9 Å². The van der Waals surface area contributed by atoms with E-state index in [9.17, 15) is 14.9 Å². The van der Waals surface area contributed by atoms with Crippen LogP contribution in [0, 0.1) is 10.1 Å². The van der Waals surface area contributed by atoms with Crippen LogP contribution in [0.15, 0.2) is 39.5 Å². The second-order valence-electron chi connectivity index (χ2n) is 3.58. The van der Waals surface area contributed by atoms with Crippen molar-refractivity contribution in [1.82, 2.24) is 10.5 Å². The van der Waals surface area contributed by atoms with Crippen molar-refractivity contribution in [2.45, 2.75) is 6.54 Å². The molecule has 8 heteroatoms. The zero-order chi connectivity index (χ0) is 13.8. The van der Waals surface area contributed by atoms with Crippen LogP contribution in [0.5, 0.6) is 0 Å². The van der Waals surface area contributed by atoms with Crippen molar-refractivity contribution in [1.29, 1.82) is 0 Å². The van der Waals surface area contributed by atoms with Crippen molar-refractivity contribution in [3.63, 3.8) is 0 Å². The number of nitrogens with zero attached hydrogens (tertiary/aromatic N) is 2. The highest BCUT2D eigenvalue weighted by Gasteiger charge is 2.15. The van der Waals surface area contributed by atoms with Gasteiger partial charge in [-0.1, -0.05) is 5.16 Å². The number of hydrogen-bond donors (Lipinski definition) is 1. The molecule has 0 bridgehead atoms. The summed E-state index contributed by atoms with van der Waals surface area (Å²) >= 11 is 3.18. The molecule has 1 N–H and O–H groups in total. The van der Waals surface area contributed by atoms with Crippen LogP contribution >= 0.6 is 15.9 Å². The minimum absolute atomic E-state index is 0.145. The van der Waals surface area contributed by atoms with E-state index in [0.29, 0.717) is 10.2 Å². The highest BCUT2D eigenvalue weighted by atomic mass is 79.9. The fourth-order valence-corrected chi connectivity index (χ4v) is 1.82. The molecule has 0 fully saturated rings. The van der Waals surface area contributed by atoms with E-state index in [1.54, 1.807) is 6.07 Å². The Labute approximate surface area is 115 Å². The number of benzene rings is 1. The normalized spacial score (nSPS) is 10.2. The van der Waals surface area contributed by atoms with E-state index >= 15 is 0 Å². The Balaban J connectivity index is 2.14. The Kier molecular flexibility index (Phi) is 3.91. The van der Waals surface area contributed by atoms with Gasteiger partial charge in [0.2, 0.25) is 0 Å². The topological polar surface area (TPSA) is 98.3 Å². The molecule has 0 saturated carbocycles. The monoisotopic (exact) mass is 325 g/mol. The Morgan fingerprint density at radius 3 is 2.89 bits per heavy atom. The number of carbonyl (C=O) groups is 1. The largest absolute Gasteiger partial charge is 0.360 e. The highest BCUT2D eigenvalue weighted by molar-refractivity contribution is 9.10. The maximum atomic E-state index is 11.9. The molecular formula is C11H8BrN3O4. The number of non-ortho nitro benzene ring substituents is 1. The van der Waals surface area contributed by atoms with E-state index in [4.69, 9.17) is 4.52 Å². The average molecular weight is 326 g/mol. The van der Waals surface area contributed by atoms with E-state index in [-0.39, 0.29) is 17.8 Å². The summed E-state index contributed by atoms with van der Waals surface area (Å²) in [5, 5.41) is 16.8. The van der Waals surface area contributed by atoms with E-state index in [2.05, 4.69) is 26.4 Å². The lowest BCUT2D eigenvalue weighted by molar-refractivity contribution is -0.384. The zero-order valence-electron chi connectivity index (χ0n) is 9.50. The van der Waals surface area contributed by atoms with Crippen LogP contribution in [0.4, 0.5) is 5.69 Å². The van der Waals surface area contributed by atoms with Crippen LogP contribution in [0.1, 0.15) is 16.1 Å². The van der Waals surface area contributed by atoms with E-state index < -0.39 is 10.8 Å². The molecule has 0 radical (unpaired) electrons. The van der Waals surface area contributed by atoms with Crippen LogP contribution in [-0.2, 0) is 6.54 Å². The summed E-state index contributed by atoms with van der Waals surface area (Å²) in [5.41, 5.74) is 0.0433. The molecule has 19 heavy (non-hydrogen) atoms. The van der Waals surface area contributed by atoms with Gasteiger partial charge in [-0.15, -0.1) is 0 Å². The molecule has 2 rings (SSSR count). The molecule has 0 aliphatic rings. The summed E-state index contributed by atoms with van der Waals surface area (Å²) < 4.78 is 5.31. The van der Waals surface area contributed by atoms with Crippen LogP contribution in [-0.4, -0.2) is 16.0 Å². The first kappa shape index (κ1) is 13.2. The molecule has 1 amide bonds. The van der Waals surface area contributed by atoms with Crippen molar-refractivity contribution in [3.8, 4) is 0 Å². The molecule has 98 valence electrons. The van der Waals surface area contributed by atoms with Gasteiger partial charge in [0.05, 0.1) is 23.2 Å². The molecular weight excluding hydrogens is 318 g/mol. The highest BCUT2D eigenvalue weighted by Crippen LogP contribution is 2.22. The van der Waals surface area contributed by atoms with Gasteiger partial charge in [-0.25, -0.2) is 0 Å². The molecule has 2 aromatic rings. The molecule has 1 aromatic carbocycles. The molecule has 0 atom stereocenters. The number of rotatable bonds is 4. The molecule has 1 aromatic heterocycles. The van der Waals surface area contributed by atoms with Gasteiger partial charge in [0, 0.05) is 22.7 Å². The van der Waals surface area contributed by atoms with Crippen molar-refractivity contribution < 1.29 is 14.2 Å². The lowest BCUT2D eigenvalue weighted by Gasteiger charge is -2.05. The minimum Gasteiger partial charge on any atom is -0.360 e. The average Bonchev–Trinajstić information content (AvgIpc) is 2.89. The van der Waals surface area contributed by atoms with Gasteiger partial charge in [0.25, 0.3) is 11.6 Å². The lowest BCUT2D eigenvalue weighted by Crippen LogP contribution is -2.23. The maximum Gasteiger partial charge on any atom is 0.270 e. The Bertz CT molecular complexity index is 612. The smallest absolute Gasteiger partial charge is 0.270 e. The second kappa shape index (κ2) is 5.61. The van der Waals surface area contributed by atoms with Crippen molar-refractivity contribution in [3.05, 3.63) is 56.4 Å². The number of halogens is 1. The van der Waals surface area contributed by atoms with Gasteiger partial charge in [0.15, 0.2) is 5.76 Å². The van der Waals surface area contributed by atoms with E-state index in [1.165, 1.54) is 24.4 Å². The lowest BCUT2D eigenvalue weighted by atomic mass is 10.2. The van der Waals surface area contributed by atoms with Gasteiger partial charge < -0.3 is 9.84 Å². The maximum absolute atomic E-state index is 11.9. The third-order valence-corrected chi connectivity index (χ3v) is 3.01. The molecule has 7 nitrogen and oxygen atoms in total. The standard InChI is InChI=1S/C11H8BrN3O4/c12-10-2-1-7(15(17)18)5-9(10)11(16)13-6-8-3-4-14-19-8/h1-5H,6H2,(H,13,16). The van der Waals surface area contributed by atoms with Crippen LogP contribution in [0.2, 0.25) is 0 Å². The molecule has 1 heterocycles. The number of amides is 1. The minimum atomic E-state index is -0.556. The van der Waals surface area contributed by atoms with Gasteiger partial charge in [-0.05, 0) is 22.0 Å². The number of nitrogens with one attached hydrogen (secondary N) is 1. The fraction of sp³-hybridized carbons (Fsp3) is 0.0909. The van der Waals surface area contributed by atoms with Crippen LogP contribution in [0.3, 0.4) is 0 Å². The molecule has 0 saturated heterocycles. The van der Waals surface area contributed by atoms with Crippen molar-refractivity contribution in [2.75, 3.05) is 0 Å². The summed E-state index contributed by atoms with van der Waals surface area (Å²) in [5.74, 6) is 0.0573. The van der Waals surface area contributed by atoms with E-state index in [1.807, 2.05) is 0 Å². The number of carbonyl (C=O) groups excluding carboxylic acids is 1. The first-order chi connectivity index (χ1) is 9.08. The summed E-state index contributed by atoms with van der Waals surface area (Å²) in [6, 6.07) is 5.60. The third kappa shape index (κ3) is 3.16. The predicted octanol–water partition coefficient (Wildman–Crippen LogP) is 2.28. The molecule has 0 aliphatic heterocycles. The Morgan fingerprint density at radius 1 is 1.47 bits per heavy atom. The zero-order valence-corrected chi connectivity index (χ0v) is 11.1. The summed E-state index contributed by atoms with van der Waals surface area (Å²) in [4.78, 5) is 22.0. The van der Waals surface area contributed by atoms with Crippen molar-refractivity contribution in [2.24, 2.45) is 0 Å². The van der Waals surface area contributed by atoms with E-state index in [0.717, 1.165) is 0 Å². The molecule has 0 unspecified atom stereocenters. The second-order valence-corrected chi connectivity index (χ2v) is 4.44. The quantitative estimate of drug-likeness (QED) is 0.686. The predicted molar refractivity (Wildman–Crippen MR) is 68.5 cm³/mol. The van der Waals surface area contributed by atoms with Crippen LogP contribution in [0.25, 0.3) is 0 Å². The SMILES string of the molecule is O=C(NCc1ccno1)c1cc([N+](=O)[O-])ccc1Br. The Hall–Kier alpha value is -2.22. The number of nitro groups is 1. The molecule has 0 aliphatic carbocycles. The fourth-order valence-electron chi connectivity index (χ4n) is 1.40. The first-order valence-electron chi connectivity index (χ1n) is 5.19. The molecule has 0 spiro atoms. The summed E-state index contributed by atoms with van der Waals surface area (Å²) in [6.45, 7) is 0.161. The van der Waals surface area contributed by atoms with Gasteiger partial charge in [0.1, 0.15) is 0 Å². The first-order valence-corrected chi connectivity index (χ1v) is 5.99. The van der Waals surface area contributed by atoms with Crippen LogP contribution < -0.4 is 5.32 Å². The Morgan fingerprint density at radius 2 is 2.26 bits per heavy atom. The number of aromatic nitrogens is 1. The van der Waals surface area contributed by atoms with Crippen molar-refractivity contribution >= 4 is 27.5 Å². The van der Waals surface area contributed by atoms with Gasteiger partial charge >= 0.3 is 0 Å². The van der Waals surface area contributed by atoms with Gasteiger partial charge in [-0.2, -0.15) is 0 Å². The number of hydrogen-bond acceptors (Lipinski definition) is 5.